The standard InChI is InChI=1S/C23H20N4O/c1-2-26-16-15-21(24-26)22(28)14-13-19-17-27(20-11-7-4-8-12-20)25-23(19)18-9-5-3-6-10-18/h3-17H,2H2,1H3/b14-13+. The van der Waals surface area contributed by atoms with Gasteiger partial charge in [0.1, 0.15) is 5.69 Å². The Hall–Kier alpha value is -3.73. The van der Waals surface area contributed by atoms with Crippen LogP contribution in [0.1, 0.15) is 23.0 Å². The first-order valence-corrected chi connectivity index (χ1v) is 9.21. The van der Waals surface area contributed by atoms with Crippen molar-refractivity contribution >= 4 is 11.9 Å². The maximum absolute atomic E-state index is 12.5. The molecule has 2 heterocycles. The van der Waals surface area contributed by atoms with Crippen molar-refractivity contribution in [2.75, 3.05) is 0 Å². The zero-order chi connectivity index (χ0) is 19.3. The van der Waals surface area contributed by atoms with E-state index in [0.29, 0.717) is 5.69 Å². The average molecular weight is 368 g/mol. The van der Waals surface area contributed by atoms with Crippen LogP contribution < -0.4 is 0 Å². The van der Waals surface area contributed by atoms with Crippen molar-refractivity contribution < 1.29 is 4.79 Å². The van der Waals surface area contributed by atoms with Crippen LogP contribution in [0, 0.1) is 0 Å². The van der Waals surface area contributed by atoms with Crippen LogP contribution in [0.25, 0.3) is 23.0 Å². The van der Waals surface area contributed by atoms with Gasteiger partial charge in [0.2, 0.25) is 5.78 Å². The van der Waals surface area contributed by atoms with Gasteiger partial charge in [-0.1, -0.05) is 48.5 Å². The molecule has 4 aromatic rings. The van der Waals surface area contributed by atoms with Crippen LogP contribution >= 0.6 is 0 Å². The Morgan fingerprint density at radius 1 is 0.964 bits per heavy atom. The van der Waals surface area contributed by atoms with E-state index in [2.05, 4.69) is 5.10 Å². The van der Waals surface area contributed by atoms with Crippen molar-refractivity contribution in [2.24, 2.45) is 0 Å². The van der Waals surface area contributed by atoms with Gasteiger partial charge in [0.25, 0.3) is 0 Å². The summed E-state index contributed by atoms with van der Waals surface area (Å²) >= 11 is 0. The Morgan fingerprint density at radius 2 is 1.68 bits per heavy atom. The van der Waals surface area contributed by atoms with Crippen LogP contribution in [0.5, 0.6) is 0 Å². The Kier molecular flexibility index (Phi) is 4.97. The molecule has 0 N–H and O–H groups in total. The molecule has 0 aliphatic heterocycles. The summed E-state index contributed by atoms with van der Waals surface area (Å²) in [4.78, 5) is 12.5. The topological polar surface area (TPSA) is 52.7 Å². The lowest BCUT2D eigenvalue weighted by Gasteiger charge is -2.00. The van der Waals surface area contributed by atoms with Crippen LogP contribution in [0.3, 0.4) is 0 Å². The summed E-state index contributed by atoms with van der Waals surface area (Å²) in [5.41, 5.74) is 4.10. The van der Waals surface area contributed by atoms with Crippen molar-refractivity contribution in [3.8, 4) is 16.9 Å². The summed E-state index contributed by atoms with van der Waals surface area (Å²) in [6, 6.07) is 21.6. The van der Waals surface area contributed by atoms with E-state index in [9.17, 15) is 4.79 Å². The summed E-state index contributed by atoms with van der Waals surface area (Å²) in [6.07, 6.45) is 7.11. The lowest BCUT2D eigenvalue weighted by Crippen LogP contribution is -1.99. The summed E-state index contributed by atoms with van der Waals surface area (Å²) in [5, 5.41) is 9.02. The third-order valence-corrected chi connectivity index (χ3v) is 4.44. The molecule has 138 valence electrons. The van der Waals surface area contributed by atoms with Gasteiger partial charge in [0.15, 0.2) is 0 Å². The molecular formula is C23H20N4O. The number of hydrogen-bond donors (Lipinski definition) is 0. The van der Waals surface area contributed by atoms with Crippen LogP contribution in [0.2, 0.25) is 0 Å². The number of carbonyl (C=O) groups is 1. The highest BCUT2D eigenvalue weighted by molar-refractivity contribution is 6.05. The quantitative estimate of drug-likeness (QED) is 0.368. The van der Waals surface area contributed by atoms with Gasteiger partial charge < -0.3 is 0 Å². The van der Waals surface area contributed by atoms with Crippen LogP contribution in [-0.4, -0.2) is 25.3 Å². The minimum Gasteiger partial charge on any atom is -0.287 e. The summed E-state index contributed by atoms with van der Waals surface area (Å²) in [7, 11) is 0. The molecule has 0 fully saturated rings. The van der Waals surface area contributed by atoms with Crippen LogP contribution in [-0.2, 0) is 6.54 Å². The molecule has 0 amide bonds. The third kappa shape index (κ3) is 3.69. The summed E-state index contributed by atoms with van der Waals surface area (Å²) in [5.74, 6) is -0.126. The summed E-state index contributed by atoms with van der Waals surface area (Å²) < 4.78 is 3.57. The van der Waals surface area contributed by atoms with E-state index < -0.39 is 0 Å². The molecule has 0 radical (unpaired) electrons. The molecule has 0 bridgehead atoms. The molecule has 4 rings (SSSR count). The van der Waals surface area contributed by atoms with Crippen molar-refractivity contribution in [1.29, 1.82) is 0 Å². The highest BCUT2D eigenvalue weighted by atomic mass is 16.1. The smallest absolute Gasteiger partial charge is 0.206 e. The van der Waals surface area contributed by atoms with Gasteiger partial charge in [-0.25, -0.2) is 4.68 Å². The average Bonchev–Trinajstić information content (AvgIpc) is 3.41. The van der Waals surface area contributed by atoms with Crippen molar-refractivity contribution in [1.82, 2.24) is 19.6 Å². The molecule has 0 unspecified atom stereocenters. The Bertz CT molecular complexity index is 1110. The molecule has 5 heteroatoms. The third-order valence-electron chi connectivity index (χ3n) is 4.44. The number of para-hydroxylation sites is 1. The maximum Gasteiger partial charge on any atom is 0.206 e. The monoisotopic (exact) mass is 368 g/mol. The van der Waals surface area contributed by atoms with Crippen molar-refractivity contribution in [3.05, 3.63) is 96.5 Å². The first-order valence-electron chi connectivity index (χ1n) is 9.21. The molecule has 0 saturated heterocycles. The van der Waals surface area contributed by atoms with Crippen molar-refractivity contribution in [3.63, 3.8) is 0 Å². The highest BCUT2D eigenvalue weighted by Gasteiger charge is 2.11. The fourth-order valence-electron chi connectivity index (χ4n) is 2.96. The molecular weight excluding hydrogens is 348 g/mol. The van der Waals surface area contributed by atoms with Gasteiger partial charge in [-0.3, -0.25) is 9.48 Å². The van der Waals surface area contributed by atoms with Gasteiger partial charge in [-0.2, -0.15) is 10.2 Å². The molecule has 0 saturated carbocycles. The van der Waals surface area contributed by atoms with E-state index in [1.54, 1.807) is 16.8 Å². The first-order chi connectivity index (χ1) is 13.7. The van der Waals surface area contributed by atoms with E-state index in [0.717, 1.165) is 29.1 Å². The molecule has 0 atom stereocenters. The van der Waals surface area contributed by atoms with Crippen LogP contribution in [0.15, 0.2) is 85.2 Å². The predicted octanol–water partition coefficient (Wildman–Crippen LogP) is 4.65. The van der Waals surface area contributed by atoms with E-state index in [4.69, 9.17) is 5.10 Å². The number of aromatic nitrogens is 4. The minimum absolute atomic E-state index is 0.126. The van der Waals surface area contributed by atoms with E-state index in [-0.39, 0.29) is 5.78 Å². The SMILES string of the molecule is CCn1ccc(C(=O)/C=C/c2cn(-c3ccccc3)nc2-c2ccccc2)n1. The fraction of sp³-hybridized carbons (Fsp3) is 0.0870. The molecule has 0 aliphatic rings. The zero-order valence-corrected chi connectivity index (χ0v) is 15.6. The largest absolute Gasteiger partial charge is 0.287 e. The summed E-state index contributed by atoms with van der Waals surface area (Å²) in [6.45, 7) is 2.72. The number of ketones is 1. The zero-order valence-electron chi connectivity index (χ0n) is 15.6. The lowest BCUT2D eigenvalue weighted by molar-refractivity contribution is 0.104. The second-order valence-electron chi connectivity index (χ2n) is 6.33. The normalized spacial score (nSPS) is 11.2. The number of hydrogen-bond acceptors (Lipinski definition) is 3. The number of rotatable bonds is 6. The molecule has 2 aromatic carbocycles. The van der Waals surface area contributed by atoms with E-state index in [1.165, 1.54) is 0 Å². The minimum atomic E-state index is -0.126. The van der Waals surface area contributed by atoms with E-state index in [1.807, 2.05) is 90.7 Å². The molecule has 28 heavy (non-hydrogen) atoms. The highest BCUT2D eigenvalue weighted by Crippen LogP contribution is 2.24. The predicted molar refractivity (Wildman–Crippen MR) is 110 cm³/mol. The van der Waals surface area contributed by atoms with E-state index >= 15 is 0 Å². The van der Waals surface area contributed by atoms with Gasteiger partial charge >= 0.3 is 0 Å². The molecule has 5 nitrogen and oxygen atoms in total. The number of benzene rings is 2. The lowest BCUT2D eigenvalue weighted by atomic mass is 10.1. The molecule has 0 aliphatic carbocycles. The van der Waals surface area contributed by atoms with Gasteiger partial charge in [0, 0.05) is 30.1 Å². The molecule has 2 aromatic heterocycles. The van der Waals surface area contributed by atoms with Crippen molar-refractivity contribution in [2.45, 2.75) is 13.5 Å². The molecule has 0 spiro atoms. The number of nitrogens with zero attached hydrogens (tertiary/aromatic N) is 4. The van der Waals surface area contributed by atoms with Gasteiger partial charge in [-0.05, 0) is 37.3 Å². The Labute approximate surface area is 163 Å². The van der Waals surface area contributed by atoms with Gasteiger partial charge in [0.05, 0.1) is 11.4 Å². The Balaban J connectivity index is 1.70. The maximum atomic E-state index is 12.5. The number of allylic oxidation sites excluding steroid dienone is 1. The second-order valence-corrected chi connectivity index (χ2v) is 6.33. The Morgan fingerprint density at radius 3 is 2.36 bits per heavy atom. The first kappa shape index (κ1) is 17.7. The number of carbonyl (C=O) groups excluding carboxylic acids is 1. The number of aryl methyl sites for hydroxylation is 1. The second kappa shape index (κ2) is 7.88. The fourth-order valence-corrected chi connectivity index (χ4v) is 2.96. The van der Waals surface area contributed by atoms with Crippen LogP contribution in [0.4, 0.5) is 0 Å². The van der Waals surface area contributed by atoms with Gasteiger partial charge in [-0.15, -0.1) is 0 Å².